The highest BCUT2D eigenvalue weighted by atomic mass is 16.3. The first-order valence-corrected chi connectivity index (χ1v) is 5.09. The molecule has 2 unspecified atom stereocenters. The zero-order valence-electron chi connectivity index (χ0n) is 9.77. The second-order valence-electron chi connectivity index (χ2n) is 4.32. The number of nitrogens with zero attached hydrogens (tertiary/aromatic N) is 2. The molecule has 4 nitrogen and oxygen atoms in total. The molecule has 0 spiro atoms. The summed E-state index contributed by atoms with van der Waals surface area (Å²) >= 11 is 0. The topological polar surface area (TPSA) is 46.9 Å². The van der Waals surface area contributed by atoms with Crippen LogP contribution < -0.4 is 0 Å². The molecule has 4 heteroatoms. The van der Waals surface area contributed by atoms with Crippen LogP contribution in [0, 0.1) is 0 Å². The lowest BCUT2D eigenvalue weighted by Gasteiger charge is -2.21. The Morgan fingerprint density at radius 1 is 0.786 bits per heavy atom. The number of aliphatic hydroxyl groups excluding tert-OH is 2. The fraction of sp³-hybridized carbons (Fsp3) is 1.00. The van der Waals surface area contributed by atoms with Crippen molar-refractivity contribution in [3.05, 3.63) is 0 Å². The summed E-state index contributed by atoms with van der Waals surface area (Å²) < 4.78 is 0. The van der Waals surface area contributed by atoms with Crippen LogP contribution in [-0.4, -0.2) is 73.5 Å². The Hall–Kier alpha value is -0.160. The second-order valence-corrected chi connectivity index (χ2v) is 4.32. The van der Waals surface area contributed by atoms with Crippen molar-refractivity contribution >= 4 is 0 Å². The van der Waals surface area contributed by atoms with Gasteiger partial charge in [0.1, 0.15) is 0 Å². The number of hydrogen-bond acceptors (Lipinski definition) is 4. The number of hydrogen-bond donors (Lipinski definition) is 2. The summed E-state index contributed by atoms with van der Waals surface area (Å²) in [5.41, 5.74) is 0. The van der Waals surface area contributed by atoms with E-state index in [9.17, 15) is 10.2 Å². The van der Waals surface area contributed by atoms with Crippen LogP contribution in [0.2, 0.25) is 0 Å². The second kappa shape index (κ2) is 7.17. The third-order valence-electron chi connectivity index (χ3n) is 2.19. The van der Waals surface area contributed by atoms with Crippen molar-refractivity contribution in [3.8, 4) is 0 Å². The fourth-order valence-electron chi connectivity index (χ4n) is 1.17. The first kappa shape index (κ1) is 13.8. The van der Waals surface area contributed by atoms with Gasteiger partial charge < -0.3 is 20.0 Å². The van der Waals surface area contributed by atoms with Crippen LogP contribution in [0.4, 0.5) is 0 Å². The standard InChI is InChI=1S/C10H24N2O2/c1-11(2)7-5-9(13)10(14)6-8-12(3)4/h9-10,13-14H,5-8H2,1-4H3. The lowest BCUT2D eigenvalue weighted by atomic mass is 10.1. The smallest absolute Gasteiger partial charge is 0.0811 e. The van der Waals surface area contributed by atoms with Gasteiger partial charge in [0, 0.05) is 13.1 Å². The van der Waals surface area contributed by atoms with E-state index in [0.717, 1.165) is 13.1 Å². The van der Waals surface area contributed by atoms with Gasteiger partial charge in [-0.25, -0.2) is 0 Å². The molecule has 0 aromatic carbocycles. The maximum Gasteiger partial charge on any atom is 0.0811 e. The van der Waals surface area contributed by atoms with Crippen LogP contribution in [0.5, 0.6) is 0 Å². The highest BCUT2D eigenvalue weighted by Gasteiger charge is 2.15. The molecule has 14 heavy (non-hydrogen) atoms. The molecule has 0 saturated heterocycles. The van der Waals surface area contributed by atoms with Gasteiger partial charge in [-0.05, 0) is 41.0 Å². The number of aliphatic hydroxyl groups is 2. The molecule has 86 valence electrons. The van der Waals surface area contributed by atoms with Crippen LogP contribution in [0.1, 0.15) is 12.8 Å². The molecule has 0 aromatic rings. The molecular formula is C10H24N2O2. The molecule has 0 fully saturated rings. The molecule has 2 atom stereocenters. The maximum absolute atomic E-state index is 9.58. The van der Waals surface area contributed by atoms with Crippen molar-refractivity contribution in [1.29, 1.82) is 0 Å². The lowest BCUT2D eigenvalue weighted by molar-refractivity contribution is 0.00343. The molecule has 0 heterocycles. The molecule has 0 radical (unpaired) electrons. The Morgan fingerprint density at radius 3 is 1.29 bits per heavy atom. The first-order valence-electron chi connectivity index (χ1n) is 5.09. The van der Waals surface area contributed by atoms with Crippen molar-refractivity contribution < 1.29 is 10.2 Å². The van der Waals surface area contributed by atoms with Gasteiger partial charge in [0.15, 0.2) is 0 Å². The van der Waals surface area contributed by atoms with E-state index in [2.05, 4.69) is 0 Å². The van der Waals surface area contributed by atoms with Gasteiger partial charge in [-0.15, -0.1) is 0 Å². The minimum Gasteiger partial charge on any atom is -0.390 e. The van der Waals surface area contributed by atoms with E-state index in [-0.39, 0.29) is 0 Å². The first-order chi connectivity index (χ1) is 6.43. The van der Waals surface area contributed by atoms with E-state index in [1.54, 1.807) is 0 Å². The van der Waals surface area contributed by atoms with E-state index < -0.39 is 12.2 Å². The normalized spacial score (nSPS) is 16.3. The zero-order valence-corrected chi connectivity index (χ0v) is 9.77. The van der Waals surface area contributed by atoms with Crippen LogP contribution in [0.3, 0.4) is 0 Å². The van der Waals surface area contributed by atoms with Gasteiger partial charge >= 0.3 is 0 Å². The summed E-state index contributed by atoms with van der Waals surface area (Å²) in [6.45, 7) is 1.61. The van der Waals surface area contributed by atoms with E-state index >= 15 is 0 Å². The van der Waals surface area contributed by atoms with Crippen LogP contribution in [0.25, 0.3) is 0 Å². The molecule has 0 saturated carbocycles. The summed E-state index contributed by atoms with van der Waals surface area (Å²) in [5.74, 6) is 0. The molecule has 0 aliphatic rings. The predicted octanol–water partition coefficient (Wildman–Crippen LogP) is -0.388. The quantitative estimate of drug-likeness (QED) is 0.593. The van der Waals surface area contributed by atoms with Gasteiger partial charge in [-0.3, -0.25) is 0 Å². The average Bonchev–Trinajstić information content (AvgIpc) is 2.09. The van der Waals surface area contributed by atoms with Crippen molar-refractivity contribution in [3.63, 3.8) is 0 Å². The largest absolute Gasteiger partial charge is 0.390 e. The van der Waals surface area contributed by atoms with Crippen LogP contribution in [0.15, 0.2) is 0 Å². The molecule has 0 aliphatic heterocycles. The zero-order chi connectivity index (χ0) is 11.1. The van der Waals surface area contributed by atoms with Gasteiger partial charge in [0.2, 0.25) is 0 Å². The summed E-state index contributed by atoms with van der Waals surface area (Å²) in [7, 11) is 7.83. The van der Waals surface area contributed by atoms with Crippen molar-refractivity contribution in [2.24, 2.45) is 0 Å². The third kappa shape index (κ3) is 7.26. The Kier molecular flexibility index (Phi) is 7.09. The molecule has 0 aliphatic carbocycles. The van der Waals surface area contributed by atoms with Crippen LogP contribution in [-0.2, 0) is 0 Å². The Bertz CT molecular complexity index is 124. The number of rotatable bonds is 7. The monoisotopic (exact) mass is 204 g/mol. The van der Waals surface area contributed by atoms with Crippen molar-refractivity contribution in [2.75, 3.05) is 41.3 Å². The molecular weight excluding hydrogens is 180 g/mol. The summed E-state index contributed by atoms with van der Waals surface area (Å²) in [6.07, 6.45) is 0.0538. The summed E-state index contributed by atoms with van der Waals surface area (Å²) in [5, 5.41) is 19.2. The Balaban J connectivity index is 3.59. The molecule has 0 aromatic heterocycles. The van der Waals surface area contributed by atoms with Gasteiger partial charge in [-0.2, -0.15) is 0 Å². The summed E-state index contributed by atoms with van der Waals surface area (Å²) in [4.78, 5) is 4.00. The predicted molar refractivity (Wildman–Crippen MR) is 58.4 cm³/mol. The Morgan fingerprint density at radius 2 is 1.07 bits per heavy atom. The average molecular weight is 204 g/mol. The summed E-state index contributed by atoms with van der Waals surface area (Å²) in [6, 6.07) is 0. The molecule has 0 amide bonds. The highest BCUT2D eigenvalue weighted by molar-refractivity contribution is 4.69. The molecule has 0 bridgehead atoms. The van der Waals surface area contributed by atoms with Gasteiger partial charge in [0.05, 0.1) is 12.2 Å². The SMILES string of the molecule is CN(C)CCC(O)C(O)CCN(C)C. The lowest BCUT2D eigenvalue weighted by Crippen LogP contribution is -2.32. The van der Waals surface area contributed by atoms with Crippen molar-refractivity contribution in [2.45, 2.75) is 25.0 Å². The minimum absolute atomic E-state index is 0.600. The van der Waals surface area contributed by atoms with Gasteiger partial charge in [0.25, 0.3) is 0 Å². The molecule has 0 rings (SSSR count). The van der Waals surface area contributed by atoms with E-state index in [1.807, 2.05) is 38.0 Å². The van der Waals surface area contributed by atoms with E-state index in [4.69, 9.17) is 0 Å². The fourth-order valence-corrected chi connectivity index (χ4v) is 1.17. The van der Waals surface area contributed by atoms with Crippen LogP contribution >= 0.6 is 0 Å². The minimum atomic E-state index is -0.600. The van der Waals surface area contributed by atoms with E-state index in [1.165, 1.54) is 0 Å². The Labute approximate surface area is 87.1 Å². The highest BCUT2D eigenvalue weighted by Crippen LogP contribution is 2.04. The molecule has 2 N–H and O–H groups in total. The van der Waals surface area contributed by atoms with Gasteiger partial charge in [-0.1, -0.05) is 0 Å². The van der Waals surface area contributed by atoms with E-state index in [0.29, 0.717) is 12.8 Å². The maximum atomic E-state index is 9.58. The third-order valence-corrected chi connectivity index (χ3v) is 2.19. The van der Waals surface area contributed by atoms with Crippen molar-refractivity contribution in [1.82, 2.24) is 9.80 Å².